The summed E-state index contributed by atoms with van der Waals surface area (Å²) in [6.45, 7) is 4.80. The minimum absolute atomic E-state index is 0.0424. The van der Waals surface area contributed by atoms with E-state index in [2.05, 4.69) is 22.2 Å². The number of esters is 2. The van der Waals surface area contributed by atoms with Crippen molar-refractivity contribution in [2.24, 2.45) is 10.8 Å². The van der Waals surface area contributed by atoms with Gasteiger partial charge in [-0.2, -0.15) is 11.8 Å². The third-order valence-electron chi connectivity index (χ3n) is 6.33. The van der Waals surface area contributed by atoms with Crippen molar-refractivity contribution in [1.29, 1.82) is 0 Å². The number of carbonyl (C=O) groups is 2. The molecular weight excluding hydrogens is 452 g/mol. The van der Waals surface area contributed by atoms with Crippen molar-refractivity contribution in [3.8, 4) is 0 Å². The summed E-state index contributed by atoms with van der Waals surface area (Å²) in [6.07, 6.45) is 15.4. The molecule has 0 radical (unpaired) electrons. The molecule has 0 unspecified atom stereocenters. The Bertz CT molecular complexity index is 475. The molecule has 0 aromatic carbocycles. The molecular formula is C23H41BrO4S. The van der Waals surface area contributed by atoms with Crippen molar-refractivity contribution in [1.82, 2.24) is 0 Å². The summed E-state index contributed by atoms with van der Waals surface area (Å²) in [4.78, 5) is 23.5. The zero-order valence-electron chi connectivity index (χ0n) is 18.7. The molecule has 0 bridgehead atoms. The molecule has 0 saturated heterocycles. The van der Waals surface area contributed by atoms with Crippen LogP contribution >= 0.6 is 27.7 Å². The molecule has 2 aliphatic carbocycles. The van der Waals surface area contributed by atoms with Gasteiger partial charge in [-0.3, -0.25) is 9.59 Å². The molecule has 0 N–H and O–H groups in total. The van der Waals surface area contributed by atoms with Gasteiger partial charge in [0.25, 0.3) is 0 Å². The van der Waals surface area contributed by atoms with E-state index in [-0.39, 0.29) is 22.8 Å². The van der Waals surface area contributed by atoms with Crippen LogP contribution in [-0.4, -0.2) is 42.5 Å². The largest absolute Gasteiger partial charge is 0.466 e. The van der Waals surface area contributed by atoms with E-state index < -0.39 is 0 Å². The average Bonchev–Trinajstić information content (AvgIpc) is 2.63. The van der Waals surface area contributed by atoms with E-state index >= 15 is 0 Å². The molecule has 0 aromatic rings. The highest BCUT2D eigenvalue weighted by atomic mass is 79.9. The molecule has 29 heavy (non-hydrogen) atoms. The summed E-state index contributed by atoms with van der Waals surface area (Å²) >= 11 is 5.29. The van der Waals surface area contributed by atoms with Crippen molar-refractivity contribution in [2.45, 2.75) is 90.9 Å². The van der Waals surface area contributed by atoms with Crippen molar-refractivity contribution in [3.63, 3.8) is 0 Å². The summed E-state index contributed by atoms with van der Waals surface area (Å²) in [6, 6.07) is 0. The van der Waals surface area contributed by atoms with Crippen LogP contribution in [0.4, 0.5) is 0 Å². The zero-order chi connectivity index (χ0) is 21.6. The molecule has 170 valence electrons. The summed E-state index contributed by atoms with van der Waals surface area (Å²) in [7, 11) is 0. The number of thioether (sulfide) groups is 1. The first kappa shape index (κ1) is 26.8. The van der Waals surface area contributed by atoms with Crippen LogP contribution in [0.2, 0.25) is 0 Å². The molecule has 0 aliphatic heterocycles. The Balaban J connectivity index is 0.000000291. The lowest BCUT2D eigenvalue weighted by atomic mass is 9.66. The first-order chi connectivity index (χ1) is 14.0. The predicted molar refractivity (Wildman–Crippen MR) is 126 cm³/mol. The minimum atomic E-state index is -0.0990. The lowest BCUT2D eigenvalue weighted by molar-refractivity contribution is -0.162. The molecule has 2 aliphatic rings. The van der Waals surface area contributed by atoms with Crippen LogP contribution in [0.25, 0.3) is 0 Å². The van der Waals surface area contributed by atoms with Crippen molar-refractivity contribution < 1.29 is 19.1 Å². The van der Waals surface area contributed by atoms with Crippen LogP contribution in [-0.2, 0) is 19.1 Å². The Labute approximate surface area is 190 Å². The Kier molecular flexibility index (Phi) is 13.6. The third kappa shape index (κ3) is 8.43. The van der Waals surface area contributed by atoms with E-state index in [4.69, 9.17) is 9.47 Å². The summed E-state index contributed by atoms with van der Waals surface area (Å²) < 4.78 is 10.3. The van der Waals surface area contributed by atoms with Gasteiger partial charge in [0.1, 0.15) is 0 Å². The molecule has 0 aromatic heterocycles. The lowest BCUT2D eigenvalue weighted by Gasteiger charge is -2.39. The van der Waals surface area contributed by atoms with Crippen LogP contribution in [0.15, 0.2) is 0 Å². The number of hydrogen-bond acceptors (Lipinski definition) is 5. The summed E-state index contributed by atoms with van der Waals surface area (Å²) in [5.74, 6) is 1.31. The van der Waals surface area contributed by atoms with E-state index in [1.807, 2.05) is 25.6 Å². The van der Waals surface area contributed by atoms with Crippen molar-refractivity contribution >= 4 is 39.6 Å². The maximum atomic E-state index is 11.8. The Morgan fingerprint density at radius 2 is 1.28 bits per heavy atom. The quantitative estimate of drug-likeness (QED) is 0.166. The Morgan fingerprint density at radius 1 is 0.828 bits per heavy atom. The van der Waals surface area contributed by atoms with E-state index in [1.54, 1.807) is 0 Å². The van der Waals surface area contributed by atoms with Crippen molar-refractivity contribution in [2.75, 3.05) is 30.6 Å². The van der Waals surface area contributed by atoms with E-state index in [9.17, 15) is 9.59 Å². The van der Waals surface area contributed by atoms with Gasteiger partial charge in [0, 0.05) is 5.33 Å². The number of carbonyl (C=O) groups excluding carboxylic acids is 2. The highest BCUT2D eigenvalue weighted by molar-refractivity contribution is 9.09. The van der Waals surface area contributed by atoms with Gasteiger partial charge >= 0.3 is 11.9 Å². The normalized spacial score (nSPS) is 18.5. The molecule has 0 heterocycles. The second-order valence-electron chi connectivity index (χ2n) is 8.30. The minimum Gasteiger partial charge on any atom is -0.466 e. The van der Waals surface area contributed by atoms with Gasteiger partial charge in [0.15, 0.2) is 0 Å². The van der Waals surface area contributed by atoms with Gasteiger partial charge in [0.2, 0.25) is 0 Å². The molecule has 0 atom stereocenters. The molecule has 0 spiro atoms. The average molecular weight is 494 g/mol. The van der Waals surface area contributed by atoms with Gasteiger partial charge in [-0.05, 0) is 77.2 Å². The standard InChI is InChI=1S/C12H22O2S.C11H19BrO2/c1-3-14-11(13)12(8-6-9-12)7-4-5-10-15-2;1-2-14-10(13)11(7-5-8-11)6-3-4-9-12/h3-10H2,1-2H3;2-9H2,1H3. The van der Waals surface area contributed by atoms with E-state index in [0.717, 1.165) is 56.7 Å². The third-order valence-corrected chi connectivity index (χ3v) is 7.59. The lowest BCUT2D eigenvalue weighted by Crippen LogP contribution is -2.39. The van der Waals surface area contributed by atoms with Crippen LogP contribution in [0, 0.1) is 10.8 Å². The first-order valence-corrected chi connectivity index (χ1v) is 13.9. The number of ether oxygens (including phenoxy) is 2. The number of hydrogen-bond donors (Lipinski definition) is 0. The number of alkyl halides is 1. The molecule has 0 amide bonds. The van der Waals surface area contributed by atoms with Crippen LogP contribution < -0.4 is 0 Å². The summed E-state index contributed by atoms with van der Waals surface area (Å²) in [5, 5.41) is 1.03. The first-order valence-electron chi connectivity index (χ1n) is 11.4. The molecule has 2 saturated carbocycles. The fraction of sp³-hybridized carbons (Fsp3) is 0.913. The Hall–Kier alpha value is -0.230. The number of halogens is 1. The molecule has 2 fully saturated rings. The van der Waals surface area contributed by atoms with Crippen LogP contribution in [0.1, 0.15) is 90.9 Å². The van der Waals surface area contributed by atoms with Gasteiger partial charge in [0.05, 0.1) is 24.0 Å². The summed E-state index contributed by atoms with van der Waals surface area (Å²) in [5.41, 5.74) is -0.188. The number of rotatable bonds is 13. The van der Waals surface area contributed by atoms with Gasteiger partial charge < -0.3 is 9.47 Å². The molecule has 4 nitrogen and oxygen atoms in total. The van der Waals surface area contributed by atoms with Crippen molar-refractivity contribution in [3.05, 3.63) is 0 Å². The number of unbranched alkanes of at least 4 members (excludes halogenated alkanes) is 2. The molecule has 2 rings (SSSR count). The highest BCUT2D eigenvalue weighted by Crippen LogP contribution is 2.47. The fourth-order valence-corrected chi connectivity index (χ4v) is 5.04. The monoisotopic (exact) mass is 492 g/mol. The van der Waals surface area contributed by atoms with E-state index in [0.29, 0.717) is 13.2 Å². The van der Waals surface area contributed by atoms with E-state index in [1.165, 1.54) is 31.4 Å². The maximum Gasteiger partial charge on any atom is 0.312 e. The van der Waals surface area contributed by atoms with Gasteiger partial charge in [-0.15, -0.1) is 0 Å². The topological polar surface area (TPSA) is 52.6 Å². The SMILES string of the molecule is CCOC(=O)C1(CCCCBr)CCC1.CCOC(=O)C1(CCCCSC)CCC1. The zero-order valence-corrected chi connectivity index (χ0v) is 21.1. The maximum absolute atomic E-state index is 11.8. The molecule has 6 heteroatoms. The highest BCUT2D eigenvalue weighted by Gasteiger charge is 2.45. The fourth-order valence-electron chi connectivity index (χ4n) is 4.16. The smallest absolute Gasteiger partial charge is 0.312 e. The second-order valence-corrected chi connectivity index (χ2v) is 10.1. The predicted octanol–water partition coefficient (Wildman–Crippen LogP) is 6.54. The Morgan fingerprint density at radius 3 is 1.59 bits per heavy atom. The van der Waals surface area contributed by atoms with Crippen LogP contribution in [0.3, 0.4) is 0 Å². The van der Waals surface area contributed by atoms with Gasteiger partial charge in [-0.1, -0.05) is 41.6 Å². The second kappa shape index (κ2) is 14.7. The van der Waals surface area contributed by atoms with Gasteiger partial charge in [-0.25, -0.2) is 0 Å². The van der Waals surface area contributed by atoms with Crippen LogP contribution in [0.5, 0.6) is 0 Å².